The van der Waals surface area contributed by atoms with Crippen molar-refractivity contribution in [3.63, 3.8) is 0 Å². The Morgan fingerprint density at radius 2 is 1.95 bits per heavy atom. The Balaban J connectivity index is 2.98. The summed E-state index contributed by atoms with van der Waals surface area (Å²) in [5.74, 6) is 0.467. The van der Waals surface area contributed by atoms with E-state index in [1.165, 1.54) is 0 Å². The first-order chi connectivity index (χ1) is 9.24. The van der Waals surface area contributed by atoms with Gasteiger partial charge in [-0.05, 0) is 32.9 Å². The number of hydrogen-bond donors (Lipinski definition) is 1. The molecule has 1 unspecified atom stereocenters. The summed E-state index contributed by atoms with van der Waals surface area (Å²) in [5.41, 5.74) is 0.830. The Labute approximate surface area is 115 Å². The van der Waals surface area contributed by atoms with Crippen LogP contribution >= 0.6 is 0 Å². The lowest BCUT2D eigenvalue weighted by atomic mass is 10.1. The van der Waals surface area contributed by atoms with Crippen molar-refractivity contribution in [2.24, 2.45) is 0 Å². The fourth-order valence-corrected chi connectivity index (χ4v) is 1.84. The van der Waals surface area contributed by atoms with Crippen molar-refractivity contribution >= 4 is 5.97 Å². The molecule has 0 radical (unpaired) electrons. The van der Waals surface area contributed by atoms with Crippen LogP contribution in [-0.2, 0) is 9.53 Å². The molecule has 4 nitrogen and oxygen atoms in total. The van der Waals surface area contributed by atoms with Gasteiger partial charge in [0.15, 0.2) is 0 Å². The summed E-state index contributed by atoms with van der Waals surface area (Å²) in [6.07, 6.45) is 0.951. The molecule has 1 rings (SSSR count). The maximum Gasteiger partial charge on any atom is 0.327 e. The highest BCUT2D eigenvalue weighted by Crippen LogP contribution is 2.26. The van der Waals surface area contributed by atoms with Gasteiger partial charge in [0.25, 0.3) is 0 Å². The van der Waals surface area contributed by atoms with E-state index >= 15 is 0 Å². The summed E-state index contributed by atoms with van der Waals surface area (Å²) in [5, 5.41) is 3.21. The minimum absolute atomic E-state index is 0.261. The minimum atomic E-state index is -0.470. The summed E-state index contributed by atoms with van der Waals surface area (Å²) in [6.45, 7) is 7.49. The number of carbonyl (C=O) groups excluding carboxylic acids is 1. The van der Waals surface area contributed by atoms with Crippen LogP contribution < -0.4 is 10.1 Å². The van der Waals surface area contributed by atoms with E-state index in [0.29, 0.717) is 13.2 Å². The summed E-state index contributed by atoms with van der Waals surface area (Å²) in [4.78, 5) is 12.1. The predicted molar refractivity (Wildman–Crippen MR) is 75.3 cm³/mol. The number of esters is 1. The Kier molecular flexibility index (Phi) is 6.97. The molecule has 4 heteroatoms. The molecule has 0 heterocycles. The lowest BCUT2D eigenvalue weighted by molar-refractivity contribution is -0.145. The largest absolute Gasteiger partial charge is 0.494 e. The first-order valence-electron chi connectivity index (χ1n) is 6.86. The maximum absolute atomic E-state index is 12.1. The number of ether oxygens (including phenoxy) is 2. The van der Waals surface area contributed by atoms with Gasteiger partial charge in [0.1, 0.15) is 11.8 Å². The first-order valence-corrected chi connectivity index (χ1v) is 6.86. The monoisotopic (exact) mass is 265 g/mol. The van der Waals surface area contributed by atoms with E-state index in [1.807, 2.05) is 38.1 Å². The van der Waals surface area contributed by atoms with Crippen LogP contribution in [0.1, 0.15) is 38.8 Å². The molecule has 0 aliphatic carbocycles. The average molecular weight is 265 g/mol. The summed E-state index contributed by atoms with van der Waals surface area (Å²) >= 11 is 0. The summed E-state index contributed by atoms with van der Waals surface area (Å²) in [7, 11) is 0. The third kappa shape index (κ3) is 4.56. The average Bonchev–Trinajstić information content (AvgIpc) is 2.41. The minimum Gasteiger partial charge on any atom is -0.494 e. The van der Waals surface area contributed by atoms with Gasteiger partial charge in [-0.2, -0.15) is 0 Å². The van der Waals surface area contributed by atoms with Crippen LogP contribution in [0.15, 0.2) is 24.3 Å². The fourth-order valence-electron chi connectivity index (χ4n) is 1.84. The third-order valence-electron chi connectivity index (χ3n) is 2.65. The van der Waals surface area contributed by atoms with E-state index in [1.54, 1.807) is 0 Å². The smallest absolute Gasteiger partial charge is 0.327 e. The second-order valence-electron chi connectivity index (χ2n) is 4.11. The molecule has 0 saturated carbocycles. The second-order valence-corrected chi connectivity index (χ2v) is 4.11. The van der Waals surface area contributed by atoms with Crippen molar-refractivity contribution in [1.82, 2.24) is 5.32 Å². The Hall–Kier alpha value is -1.55. The van der Waals surface area contributed by atoms with Crippen LogP contribution in [0, 0.1) is 0 Å². The zero-order chi connectivity index (χ0) is 14.1. The lowest BCUT2D eigenvalue weighted by Crippen LogP contribution is -2.31. The number of carbonyl (C=O) groups is 1. The summed E-state index contributed by atoms with van der Waals surface area (Å²) in [6, 6.07) is 7.10. The number of benzene rings is 1. The topological polar surface area (TPSA) is 47.6 Å². The molecule has 19 heavy (non-hydrogen) atoms. The zero-order valence-electron chi connectivity index (χ0n) is 11.9. The van der Waals surface area contributed by atoms with Crippen LogP contribution in [0.5, 0.6) is 5.75 Å². The zero-order valence-corrected chi connectivity index (χ0v) is 11.9. The van der Waals surface area contributed by atoms with Crippen LogP contribution in [0.4, 0.5) is 0 Å². The van der Waals surface area contributed by atoms with Crippen molar-refractivity contribution in [2.45, 2.75) is 33.2 Å². The van der Waals surface area contributed by atoms with Gasteiger partial charge in [0, 0.05) is 5.56 Å². The molecule has 0 fully saturated rings. The molecule has 1 aromatic rings. The number of hydrogen-bond acceptors (Lipinski definition) is 4. The lowest BCUT2D eigenvalue weighted by Gasteiger charge is -2.20. The Morgan fingerprint density at radius 1 is 1.21 bits per heavy atom. The highest BCUT2D eigenvalue weighted by Gasteiger charge is 2.24. The number of rotatable bonds is 8. The van der Waals surface area contributed by atoms with Gasteiger partial charge in [0.2, 0.25) is 0 Å². The molecular weight excluding hydrogens is 242 g/mol. The molecule has 0 bridgehead atoms. The molecule has 1 aromatic carbocycles. The van der Waals surface area contributed by atoms with Gasteiger partial charge in [-0.25, -0.2) is 4.79 Å². The van der Waals surface area contributed by atoms with Gasteiger partial charge in [0.05, 0.1) is 13.2 Å². The van der Waals surface area contributed by atoms with Crippen LogP contribution in [0.25, 0.3) is 0 Å². The molecular formula is C15H23NO3. The molecule has 0 saturated heterocycles. The van der Waals surface area contributed by atoms with Crippen molar-refractivity contribution in [1.29, 1.82) is 0 Å². The van der Waals surface area contributed by atoms with E-state index < -0.39 is 6.04 Å². The van der Waals surface area contributed by atoms with Crippen LogP contribution in [0.3, 0.4) is 0 Å². The normalized spacial score (nSPS) is 11.9. The van der Waals surface area contributed by atoms with Crippen molar-refractivity contribution in [3.8, 4) is 5.75 Å². The third-order valence-corrected chi connectivity index (χ3v) is 2.65. The highest BCUT2D eigenvalue weighted by molar-refractivity contribution is 5.78. The van der Waals surface area contributed by atoms with E-state index in [9.17, 15) is 4.79 Å². The van der Waals surface area contributed by atoms with Gasteiger partial charge in [-0.1, -0.05) is 25.1 Å². The standard InChI is InChI=1S/C15H23NO3/c1-4-11-16-14(15(17)19-6-3)12-9-7-8-10-13(12)18-5-2/h7-10,14,16H,4-6,11H2,1-3H3. The quantitative estimate of drug-likeness (QED) is 0.734. The van der Waals surface area contributed by atoms with Crippen molar-refractivity contribution in [3.05, 3.63) is 29.8 Å². The molecule has 1 N–H and O–H groups in total. The van der Waals surface area contributed by atoms with E-state index in [2.05, 4.69) is 12.2 Å². The van der Waals surface area contributed by atoms with Gasteiger partial charge >= 0.3 is 5.97 Å². The van der Waals surface area contributed by atoms with Crippen molar-refractivity contribution < 1.29 is 14.3 Å². The number of nitrogens with one attached hydrogen (secondary N) is 1. The molecule has 0 amide bonds. The number of para-hydroxylation sites is 1. The SMILES string of the molecule is CCCNC(C(=O)OCC)c1ccccc1OCC. The van der Waals surface area contributed by atoms with E-state index in [0.717, 1.165) is 24.3 Å². The predicted octanol–water partition coefficient (Wildman–Crippen LogP) is 2.69. The van der Waals surface area contributed by atoms with Crippen LogP contribution in [-0.4, -0.2) is 25.7 Å². The Morgan fingerprint density at radius 3 is 2.58 bits per heavy atom. The molecule has 0 spiro atoms. The second kappa shape index (κ2) is 8.53. The molecule has 0 aromatic heterocycles. The van der Waals surface area contributed by atoms with Gasteiger partial charge in [-0.3, -0.25) is 0 Å². The van der Waals surface area contributed by atoms with Gasteiger partial charge < -0.3 is 14.8 Å². The van der Waals surface area contributed by atoms with Crippen molar-refractivity contribution in [2.75, 3.05) is 19.8 Å². The maximum atomic E-state index is 12.1. The molecule has 0 aliphatic rings. The van der Waals surface area contributed by atoms with Gasteiger partial charge in [-0.15, -0.1) is 0 Å². The first kappa shape index (κ1) is 15.5. The molecule has 1 atom stereocenters. The Bertz CT molecular complexity index is 393. The molecule has 0 aliphatic heterocycles. The molecule has 106 valence electrons. The van der Waals surface area contributed by atoms with E-state index in [-0.39, 0.29) is 5.97 Å². The fraction of sp³-hybridized carbons (Fsp3) is 0.533. The van der Waals surface area contributed by atoms with E-state index in [4.69, 9.17) is 9.47 Å². The highest BCUT2D eigenvalue weighted by atomic mass is 16.5. The summed E-state index contributed by atoms with van der Waals surface area (Å²) < 4.78 is 10.7. The van der Waals surface area contributed by atoms with Crippen LogP contribution in [0.2, 0.25) is 0 Å².